The lowest BCUT2D eigenvalue weighted by Gasteiger charge is -2.08. The van der Waals surface area contributed by atoms with Crippen LogP contribution in [0, 0.1) is 10.1 Å². The third kappa shape index (κ3) is 3.42. The number of nitrogens with zero attached hydrogens (tertiary/aromatic N) is 1. The molecular weight excluding hydrogens is 228 g/mol. The number of nitro benzene ring substituents is 1. The van der Waals surface area contributed by atoms with Crippen LogP contribution in [0.25, 0.3) is 0 Å². The second-order valence-electron chi connectivity index (χ2n) is 3.21. The van der Waals surface area contributed by atoms with Crippen LogP contribution in [-0.4, -0.2) is 36.3 Å². The van der Waals surface area contributed by atoms with Crippen molar-refractivity contribution in [1.82, 2.24) is 0 Å². The molecule has 0 spiro atoms. The largest absolute Gasteiger partial charge is 0.478 e. The lowest BCUT2D eigenvalue weighted by Crippen LogP contribution is -2.11. The number of ether oxygens (including phenoxy) is 1. The molecule has 0 radical (unpaired) electrons. The Balaban J connectivity index is 2.98. The molecular formula is C10H12N2O5. The first kappa shape index (κ1) is 12.9. The Kier molecular flexibility index (Phi) is 4.41. The van der Waals surface area contributed by atoms with Gasteiger partial charge in [-0.1, -0.05) is 0 Å². The molecule has 0 aliphatic carbocycles. The number of anilines is 1. The molecule has 0 aromatic heterocycles. The summed E-state index contributed by atoms with van der Waals surface area (Å²) in [7, 11) is 1.51. The van der Waals surface area contributed by atoms with E-state index >= 15 is 0 Å². The molecule has 92 valence electrons. The van der Waals surface area contributed by atoms with Gasteiger partial charge in [0.25, 0.3) is 5.69 Å². The second-order valence-corrected chi connectivity index (χ2v) is 3.21. The minimum atomic E-state index is -1.14. The highest BCUT2D eigenvalue weighted by Gasteiger charge is 2.14. The maximum Gasteiger partial charge on any atom is 0.337 e. The number of nitro groups is 1. The topological polar surface area (TPSA) is 102 Å². The van der Waals surface area contributed by atoms with Crippen LogP contribution in [0.15, 0.2) is 18.2 Å². The Morgan fingerprint density at radius 3 is 2.82 bits per heavy atom. The zero-order valence-corrected chi connectivity index (χ0v) is 9.17. The number of carboxylic acids is 1. The number of benzene rings is 1. The van der Waals surface area contributed by atoms with Gasteiger partial charge in [0.1, 0.15) is 0 Å². The number of carbonyl (C=O) groups is 1. The summed E-state index contributed by atoms with van der Waals surface area (Å²) in [5.74, 6) is -1.14. The number of nitrogens with one attached hydrogen (secondary N) is 1. The van der Waals surface area contributed by atoms with Crippen LogP contribution in [0.4, 0.5) is 11.4 Å². The summed E-state index contributed by atoms with van der Waals surface area (Å²) in [4.78, 5) is 20.9. The molecule has 17 heavy (non-hydrogen) atoms. The van der Waals surface area contributed by atoms with Gasteiger partial charge in [-0.25, -0.2) is 4.79 Å². The molecule has 0 bridgehead atoms. The fraction of sp³-hybridized carbons (Fsp3) is 0.300. The van der Waals surface area contributed by atoms with Gasteiger partial charge in [0.05, 0.1) is 22.8 Å². The number of aromatic carboxylic acids is 1. The quantitative estimate of drug-likeness (QED) is 0.442. The van der Waals surface area contributed by atoms with Crippen molar-refractivity contribution in [2.24, 2.45) is 0 Å². The van der Waals surface area contributed by atoms with E-state index in [1.54, 1.807) is 0 Å². The summed E-state index contributed by atoms with van der Waals surface area (Å²) >= 11 is 0. The van der Waals surface area contributed by atoms with Gasteiger partial charge in [-0.3, -0.25) is 10.1 Å². The van der Waals surface area contributed by atoms with Crippen LogP contribution >= 0.6 is 0 Å². The molecule has 0 fully saturated rings. The maximum absolute atomic E-state index is 10.9. The number of hydrogen-bond donors (Lipinski definition) is 2. The Labute approximate surface area is 97.2 Å². The van der Waals surface area contributed by atoms with E-state index < -0.39 is 10.9 Å². The summed E-state index contributed by atoms with van der Waals surface area (Å²) in [5.41, 5.74) is 0.0466. The minimum absolute atomic E-state index is 0.00768. The molecule has 0 unspecified atom stereocenters. The van der Waals surface area contributed by atoms with Gasteiger partial charge in [0.2, 0.25) is 0 Å². The molecule has 0 heterocycles. The van der Waals surface area contributed by atoms with Gasteiger partial charge in [0.15, 0.2) is 0 Å². The van der Waals surface area contributed by atoms with Gasteiger partial charge in [-0.05, 0) is 6.07 Å². The first-order valence-corrected chi connectivity index (χ1v) is 4.80. The average Bonchev–Trinajstić information content (AvgIpc) is 2.28. The molecule has 0 atom stereocenters. The average molecular weight is 240 g/mol. The molecule has 1 aromatic carbocycles. The fourth-order valence-electron chi connectivity index (χ4n) is 1.27. The number of methoxy groups -OCH3 is 1. The Bertz CT molecular complexity index is 433. The Morgan fingerprint density at radius 1 is 1.59 bits per heavy atom. The monoisotopic (exact) mass is 240 g/mol. The molecule has 0 aliphatic heterocycles. The standard InChI is InChI=1S/C10H12N2O5/c1-17-5-4-11-9-6-7(12(15)16)2-3-8(9)10(13)14/h2-3,6,11H,4-5H2,1H3,(H,13,14). The van der Waals surface area contributed by atoms with E-state index in [4.69, 9.17) is 9.84 Å². The van der Waals surface area contributed by atoms with Crippen LogP contribution in [0.3, 0.4) is 0 Å². The van der Waals surface area contributed by atoms with Gasteiger partial charge < -0.3 is 15.2 Å². The van der Waals surface area contributed by atoms with Crippen LogP contribution in [0.5, 0.6) is 0 Å². The normalized spacial score (nSPS) is 9.94. The Morgan fingerprint density at radius 2 is 2.29 bits per heavy atom. The first-order chi connectivity index (χ1) is 8.06. The molecule has 2 N–H and O–H groups in total. The SMILES string of the molecule is COCCNc1cc([N+](=O)[O-])ccc1C(=O)O. The van der Waals surface area contributed by atoms with Crippen molar-refractivity contribution in [3.05, 3.63) is 33.9 Å². The lowest BCUT2D eigenvalue weighted by atomic mass is 10.1. The third-order valence-electron chi connectivity index (χ3n) is 2.07. The van der Waals surface area contributed by atoms with Gasteiger partial charge >= 0.3 is 5.97 Å². The summed E-state index contributed by atoms with van der Waals surface area (Å²) < 4.78 is 4.80. The highest BCUT2D eigenvalue weighted by molar-refractivity contribution is 5.94. The number of hydrogen-bond acceptors (Lipinski definition) is 5. The van der Waals surface area contributed by atoms with E-state index in [9.17, 15) is 14.9 Å². The molecule has 7 heteroatoms. The zero-order valence-electron chi connectivity index (χ0n) is 9.17. The van der Waals surface area contributed by atoms with Crippen molar-refractivity contribution < 1.29 is 19.6 Å². The Hall–Kier alpha value is -2.15. The number of rotatable bonds is 6. The summed E-state index contributed by atoms with van der Waals surface area (Å²) in [6, 6.07) is 3.56. The van der Waals surface area contributed by atoms with Crippen molar-refractivity contribution in [2.45, 2.75) is 0 Å². The summed E-state index contributed by atoms with van der Waals surface area (Å²) in [6.07, 6.45) is 0. The van der Waals surface area contributed by atoms with Crippen molar-refractivity contribution >= 4 is 17.3 Å². The highest BCUT2D eigenvalue weighted by atomic mass is 16.6. The van der Waals surface area contributed by atoms with Gasteiger partial charge in [0, 0.05) is 25.8 Å². The third-order valence-corrected chi connectivity index (χ3v) is 2.07. The van der Waals surface area contributed by atoms with Crippen LogP contribution in [-0.2, 0) is 4.74 Å². The van der Waals surface area contributed by atoms with Crippen LogP contribution in [0.1, 0.15) is 10.4 Å². The van der Waals surface area contributed by atoms with Crippen LogP contribution < -0.4 is 5.32 Å². The molecule has 0 aliphatic rings. The van der Waals surface area contributed by atoms with E-state index in [0.717, 1.165) is 6.07 Å². The van der Waals surface area contributed by atoms with Gasteiger partial charge in [-0.2, -0.15) is 0 Å². The molecule has 0 amide bonds. The maximum atomic E-state index is 10.9. The molecule has 1 rings (SSSR count). The number of non-ortho nitro benzene ring substituents is 1. The molecule has 1 aromatic rings. The lowest BCUT2D eigenvalue weighted by molar-refractivity contribution is -0.384. The highest BCUT2D eigenvalue weighted by Crippen LogP contribution is 2.22. The fourth-order valence-corrected chi connectivity index (χ4v) is 1.27. The van der Waals surface area contributed by atoms with Gasteiger partial charge in [-0.15, -0.1) is 0 Å². The van der Waals surface area contributed by atoms with E-state index in [-0.39, 0.29) is 16.9 Å². The van der Waals surface area contributed by atoms with E-state index in [1.165, 1.54) is 19.2 Å². The van der Waals surface area contributed by atoms with Crippen molar-refractivity contribution in [3.63, 3.8) is 0 Å². The van der Waals surface area contributed by atoms with Crippen LogP contribution in [0.2, 0.25) is 0 Å². The van der Waals surface area contributed by atoms with E-state index in [1.807, 2.05) is 0 Å². The molecule has 0 saturated carbocycles. The predicted octanol–water partition coefficient (Wildman–Crippen LogP) is 1.35. The van der Waals surface area contributed by atoms with E-state index in [0.29, 0.717) is 13.2 Å². The van der Waals surface area contributed by atoms with Crippen molar-refractivity contribution in [1.29, 1.82) is 0 Å². The smallest absolute Gasteiger partial charge is 0.337 e. The molecule has 7 nitrogen and oxygen atoms in total. The molecule has 0 saturated heterocycles. The second kappa shape index (κ2) is 5.80. The first-order valence-electron chi connectivity index (χ1n) is 4.80. The number of carboxylic acid groups (broad SMARTS) is 1. The van der Waals surface area contributed by atoms with Crippen molar-refractivity contribution in [3.8, 4) is 0 Å². The minimum Gasteiger partial charge on any atom is -0.478 e. The predicted molar refractivity (Wildman–Crippen MR) is 60.4 cm³/mol. The van der Waals surface area contributed by atoms with E-state index in [2.05, 4.69) is 5.32 Å². The summed E-state index contributed by atoms with van der Waals surface area (Å²) in [5, 5.41) is 22.3. The summed E-state index contributed by atoms with van der Waals surface area (Å²) in [6.45, 7) is 0.750. The van der Waals surface area contributed by atoms with Crippen molar-refractivity contribution in [2.75, 3.05) is 25.6 Å². The zero-order chi connectivity index (χ0) is 12.8.